The summed E-state index contributed by atoms with van der Waals surface area (Å²) in [6, 6.07) is 10.1. The van der Waals surface area contributed by atoms with Crippen molar-refractivity contribution < 1.29 is 0 Å². The lowest BCUT2D eigenvalue weighted by Gasteiger charge is -1.81. The summed E-state index contributed by atoms with van der Waals surface area (Å²) in [5.74, 6) is 0. The van der Waals surface area contributed by atoms with Crippen LogP contribution in [0.2, 0.25) is 0 Å². The van der Waals surface area contributed by atoms with Crippen LogP contribution in [0.4, 0.5) is 0 Å². The monoisotopic (exact) mass is 219 g/mol. The fourth-order valence-corrected chi connectivity index (χ4v) is 2.22. The molecular weight excluding hydrogens is 210 g/mol. The maximum absolute atomic E-state index is 4.15. The van der Waals surface area contributed by atoms with Gasteiger partial charge < -0.3 is 0 Å². The summed E-state index contributed by atoms with van der Waals surface area (Å²) in [6.45, 7) is 0. The molecule has 3 aromatic heterocycles. The largest absolute Gasteiger partial charge is 0.255 e. The molecule has 0 aliphatic carbocycles. The Kier molecular flexibility index (Phi) is 3.27. The molecule has 0 bridgehead atoms. The average molecular weight is 219 g/mol. The van der Waals surface area contributed by atoms with Crippen LogP contribution in [0.3, 0.4) is 0 Å². The second-order valence-corrected chi connectivity index (χ2v) is 4.36. The van der Waals surface area contributed by atoms with Gasteiger partial charge in [-0.1, -0.05) is 12.1 Å². The number of fused-ring (bicyclic) bond motifs is 1. The number of hydrogen-bond donors (Lipinski definition) is 0. The standard InChI is InChI=1S/C7H5NS.C4H4S/c1-2-7-6(8-4-1)3-5-9-7;1-2-4-5-3-1/h1-5H;1-4H. The summed E-state index contributed by atoms with van der Waals surface area (Å²) in [5.41, 5.74) is 1.10. The quantitative estimate of drug-likeness (QED) is 0.556. The molecule has 3 aromatic rings. The predicted molar refractivity (Wildman–Crippen MR) is 63.9 cm³/mol. The van der Waals surface area contributed by atoms with Crippen molar-refractivity contribution in [1.82, 2.24) is 4.98 Å². The van der Waals surface area contributed by atoms with Crippen molar-refractivity contribution in [1.29, 1.82) is 0 Å². The molecule has 0 radical (unpaired) electrons. The molecule has 0 saturated heterocycles. The van der Waals surface area contributed by atoms with Crippen molar-refractivity contribution in [3.8, 4) is 0 Å². The summed E-state index contributed by atoms with van der Waals surface area (Å²) < 4.78 is 1.26. The van der Waals surface area contributed by atoms with E-state index in [-0.39, 0.29) is 0 Å². The van der Waals surface area contributed by atoms with Gasteiger partial charge >= 0.3 is 0 Å². The van der Waals surface area contributed by atoms with Crippen molar-refractivity contribution in [3.63, 3.8) is 0 Å². The molecule has 3 rings (SSSR count). The highest BCUT2D eigenvalue weighted by Gasteiger charge is 1.89. The third-order valence-corrected chi connectivity index (χ3v) is 3.15. The number of thiophene rings is 2. The minimum atomic E-state index is 1.10. The minimum Gasteiger partial charge on any atom is -0.255 e. The predicted octanol–water partition coefficient (Wildman–Crippen LogP) is 4.04. The van der Waals surface area contributed by atoms with Gasteiger partial charge in [0, 0.05) is 6.20 Å². The Morgan fingerprint density at radius 1 is 0.929 bits per heavy atom. The average Bonchev–Trinajstić information content (AvgIpc) is 2.92. The molecule has 0 N–H and O–H groups in total. The van der Waals surface area contributed by atoms with Crippen LogP contribution in [0.15, 0.2) is 52.7 Å². The zero-order valence-corrected chi connectivity index (χ0v) is 9.09. The van der Waals surface area contributed by atoms with E-state index in [1.807, 2.05) is 41.2 Å². The fourth-order valence-electron chi connectivity index (χ4n) is 1.03. The van der Waals surface area contributed by atoms with Crippen LogP contribution in [0.1, 0.15) is 0 Å². The molecule has 3 heteroatoms. The summed E-state index contributed by atoms with van der Waals surface area (Å²) in [5, 5.41) is 6.14. The Hall–Kier alpha value is -1.19. The molecule has 0 fully saturated rings. The SMILES string of the molecule is c1ccsc1.c1cnc2ccsc2c1. The zero-order valence-electron chi connectivity index (χ0n) is 7.46. The van der Waals surface area contributed by atoms with Gasteiger partial charge in [0.1, 0.15) is 0 Å². The van der Waals surface area contributed by atoms with Crippen LogP contribution in [-0.2, 0) is 0 Å². The normalized spacial score (nSPS) is 9.43. The molecule has 0 spiro atoms. The van der Waals surface area contributed by atoms with Crippen molar-refractivity contribution in [2.75, 3.05) is 0 Å². The first-order valence-corrected chi connectivity index (χ1v) is 6.04. The first kappa shape index (κ1) is 9.37. The van der Waals surface area contributed by atoms with Gasteiger partial charge in [0.05, 0.1) is 10.2 Å². The number of aromatic nitrogens is 1. The number of hydrogen-bond acceptors (Lipinski definition) is 3. The highest BCUT2D eigenvalue weighted by Crippen LogP contribution is 2.16. The molecule has 14 heavy (non-hydrogen) atoms. The second kappa shape index (κ2) is 4.88. The van der Waals surface area contributed by atoms with E-state index in [0.29, 0.717) is 0 Å². The highest BCUT2D eigenvalue weighted by atomic mass is 32.1. The molecule has 0 aromatic carbocycles. The van der Waals surface area contributed by atoms with Gasteiger partial charge in [-0.05, 0) is 34.3 Å². The first-order chi connectivity index (χ1) is 6.97. The van der Waals surface area contributed by atoms with Gasteiger partial charge in [-0.3, -0.25) is 4.98 Å². The van der Waals surface area contributed by atoms with E-state index in [0.717, 1.165) is 5.52 Å². The lowest BCUT2D eigenvalue weighted by atomic mass is 10.4. The number of nitrogens with zero attached hydrogens (tertiary/aromatic N) is 1. The van der Waals surface area contributed by atoms with E-state index >= 15 is 0 Å². The van der Waals surface area contributed by atoms with E-state index in [1.54, 1.807) is 22.7 Å². The summed E-state index contributed by atoms with van der Waals surface area (Å²) in [6.07, 6.45) is 1.81. The van der Waals surface area contributed by atoms with Crippen LogP contribution < -0.4 is 0 Å². The second-order valence-electron chi connectivity index (χ2n) is 2.60. The summed E-state index contributed by atoms with van der Waals surface area (Å²) in [7, 11) is 0. The van der Waals surface area contributed by atoms with Crippen molar-refractivity contribution in [2.45, 2.75) is 0 Å². The number of pyridine rings is 1. The third-order valence-electron chi connectivity index (χ3n) is 1.65. The Labute approximate surface area is 90.7 Å². The zero-order chi connectivity index (χ0) is 9.64. The molecule has 0 aliphatic rings. The fraction of sp³-hybridized carbons (Fsp3) is 0. The lowest BCUT2D eigenvalue weighted by molar-refractivity contribution is 1.43. The van der Waals surface area contributed by atoms with Crippen LogP contribution in [0, 0.1) is 0 Å². The van der Waals surface area contributed by atoms with Crippen LogP contribution in [0.25, 0.3) is 10.2 Å². The molecular formula is C11H9NS2. The van der Waals surface area contributed by atoms with E-state index in [1.165, 1.54) is 4.70 Å². The lowest BCUT2D eigenvalue weighted by Crippen LogP contribution is -1.65. The smallest absolute Gasteiger partial charge is 0.0809 e. The van der Waals surface area contributed by atoms with Gasteiger partial charge in [-0.15, -0.1) is 11.3 Å². The highest BCUT2D eigenvalue weighted by molar-refractivity contribution is 7.17. The molecule has 0 aliphatic heterocycles. The topological polar surface area (TPSA) is 12.9 Å². The molecule has 0 saturated carbocycles. The Bertz CT molecular complexity index is 423. The van der Waals surface area contributed by atoms with Crippen molar-refractivity contribution in [2.24, 2.45) is 0 Å². The third kappa shape index (κ3) is 2.40. The minimum absolute atomic E-state index is 1.10. The Balaban J connectivity index is 0.000000128. The Morgan fingerprint density at radius 3 is 2.43 bits per heavy atom. The van der Waals surface area contributed by atoms with Crippen LogP contribution in [-0.4, -0.2) is 4.98 Å². The van der Waals surface area contributed by atoms with E-state index in [4.69, 9.17) is 0 Å². The van der Waals surface area contributed by atoms with Gasteiger partial charge in [0.25, 0.3) is 0 Å². The van der Waals surface area contributed by atoms with Gasteiger partial charge in [-0.25, -0.2) is 0 Å². The number of rotatable bonds is 0. The van der Waals surface area contributed by atoms with Crippen molar-refractivity contribution in [3.05, 3.63) is 52.7 Å². The van der Waals surface area contributed by atoms with E-state index < -0.39 is 0 Å². The Morgan fingerprint density at radius 2 is 1.79 bits per heavy atom. The first-order valence-electron chi connectivity index (χ1n) is 4.22. The van der Waals surface area contributed by atoms with E-state index in [2.05, 4.69) is 16.4 Å². The molecule has 0 unspecified atom stereocenters. The van der Waals surface area contributed by atoms with Gasteiger partial charge in [-0.2, -0.15) is 11.3 Å². The van der Waals surface area contributed by atoms with E-state index in [9.17, 15) is 0 Å². The molecule has 3 heterocycles. The molecule has 0 atom stereocenters. The maximum Gasteiger partial charge on any atom is 0.0809 e. The van der Waals surface area contributed by atoms with Crippen LogP contribution >= 0.6 is 22.7 Å². The van der Waals surface area contributed by atoms with Gasteiger partial charge in [0.2, 0.25) is 0 Å². The van der Waals surface area contributed by atoms with Crippen LogP contribution in [0.5, 0.6) is 0 Å². The van der Waals surface area contributed by atoms with Crippen molar-refractivity contribution >= 4 is 32.9 Å². The maximum atomic E-state index is 4.15. The summed E-state index contributed by atoms with van der Waals surface area (Å²) >= 11 is 3.44. The molecule has 70 valence electrons. The summed E-state index contributed by atoms with van der Waals surface area (Å²) in [4.78, 5) is 4.15. The molecule has 1 nitrogen and oxygen atoms in total. The van der Waals surface area contributed by atoms with Gasteiger partial charge in [0.15, 0.2) is 0 Å². The molecule has 0 amide bonds.